The van der Waals surface area contributed by atoms with E-state index in [1.807, 2.05) is 0 Å². The Bertz CT molecular complexity index is 741. The van der Waals surface area contributed by atoms with Gasteiger partial charge in [-0.05, 0) is 46.6 Å². The quantitative estimate of drug-likeness (QED) is 0.764. The van der Waals surface area contributed by atoms with Crippen molar-refractivity contribution in [2.24, 2.45) is 0 Å². The SMILES string of the molecule is CC(C)c1cc(C(C)C)c(S(=O)(=O)n2cccc2)c(C(C)C)c1. The standard InChI is InChI=1S/C19H27NO2S/c1-13(2)16-11-17(14(3)4)19(18(12-16)15(5)6)23(21,22)20-9-7-8-10-20/h7-15H,1-6H3. The van der Waals surface area contributed by atoms with Crippen LogP contribution < -0.4 is 0 Å². The highest BCUT2D eigenvalue weighted by Crippen LogP contribution is 2.36. The second-order valence-electron chi connectivity index (χ2n) is 7.01. The average Bonchev–Trinajstić information content (AvgIpc) is 3.00. The molecule has 1 aromatic carbocycles. The van der Waals surface area contributed by atoms with Gasteiger partial charge in [-0.15, -0.1) is 0 Å². The summed E-state index contributed by atoms with van der Waals surface area (Å²) in [6.45, 7) is 12.5. The molecule has 0 aliphatic heterocycles. The van der Waals surface area contributed by atoms with E-state index in [0.717, 1.165) is 11.1 Å². The van der Waals surface area contributed by atoms with Crippen molar-refractivity contribution in [2.75, 3.05) is 0 Å². The lowest BCUT2D eigenvalue weighted by molar-refractivity contribution is 0.582. The average molecular weight is 333 g/mol. The van der Waals surface area contributed by atoms with Crippen LogP contribution in [0.5, 0.6) is 0 Å². The van der Waals surface area contributed by atoms with Crippen LogP contribution in [0.25, 0.3) is 0 Å². The first-order valence-electron chi connectivity index (χ1n) is 8.22. The Labute approximate surface area is 140 Å². The van der Waals surface area contributed by atoms with Gasteiger partial charge in [0.25, 0.3) is 10.0 Å². The minimum absolute atomic E-state index is 0.145. The van der Waals surface area contributed by atoms with Gasteiger partial charge in [-0.25, -0.2) is 12.4 Å². The maximum absolute atomic E-state index is 13.2. The fraction of sp³-hybridized carbons (Fsp3) is 0.474. The summed E-state index contributed by atoms with van der Waals surface area (Å²) in [6.07, 6.45) is 3.19. The fourth-order valence-electron chi connectivity index (χ4n) is 2.77. The second kappa shape index (κ2) is 6.52. The molecule has 3 nitrogen and oxygen atoms in total. The van der Waals surface area contributed by atoms with Crippen LogP contribution in [0.1, 0.15) is 76.0 Å². The largest absolute Gasteiger partial charge is 0.268 e. The maximum Gasteiger partial charge on any atom is 0.268 e. The molecule has 0 bridgehead atoms. The highest BCUT2D eigenvalue weighted by Gasteiger charge is 2.27. The van der Waals surface area contributed by atoms with Crippen molar-refractivity contribution in [3.05, 3.63) is 53.3 Å². The molecule has 0 spiro atoms. The summed E-state index contributed by atoms with van der Waals surface area (Å²) in [5, 5.41) is 0. The first kappa shape index (κ1) is 17.8. The van der Waals surface area contributed by atoms with E-state index in [1.165, 1.54) is 9.54 Å². The Hall–Kier alpha value is -1.55. The molecule has 0 amide bonds. The molecule has 0 aliphatic carbocycles. The van der Waals surface area contributed by atoms with E-state index in [4.69, 9.17) is 0 Å². The van der Waals surface area contributed by atoms with Crippen molar-refractivity contribution in [1.82, 2.24) is 3.97 Å². The predicted molar refractivity (Wildman–Crippen MR) is 95.7 cm³/mol. The molecule has 0 radical (unpaired) electrons. The molecule has 1 aromatic heterocycles. The number of rotatable bonds is 5. The van der Waals surface area contributed by atoms with Crippen LogP contribution in [0.2, 0.25) is 0 Å². The van der Waals surface area contributed by atoms with Crippen molar-refractivity contribution in [3.8, 4) is 0 Å². The topological polar surface area (TPSA) is 39.1 Å². The molecular weight excluding hydrogens is 306 g/mol. The van der Waals surface area contributed by atoms with Crippen LogP contribution >= 0.6 is 0 Å². The number of aromatic nitrogens is 1. The molecule has 0 aliphatic rings. The van der Waals surface area contributed by atoms with E-state index in [-0.39, 0.29) is 11.8 Å². The highest BCUT2D eigenvalue weighted by atomic mass is 32.2. The van der Waals surface area contributed by atoms with Crippen molar-refractivity contribution >= 4 is 10.0 Å². The van der Waals surface area contributed by atoms with Crippen molar-refractivity contribution in [2.45, 2.75) is 64.2 Å². The molecule has 2 rings (SSSR count). The van der Waals surface area contributed by atoms with Gasteiger partial charge in [0, 0.05) is 12.4 Å². The third-order valence-electron chi connectivity index (χ3n) is 4.19. The van der Waals surface area contributed by atoms with E-state index in [2.05, 4.69) is 53.7 Å². The van der Waals surface area contributed by atoms with Gasteiger partial charge < -0.3 is 0 Å². The molecule has 1 heterocycles. The third kappa shape index (κ3) is 3.37. The van der Waals surface area contributed by atoms with E-state index in [1.54, 1.807) is 24.5 Å². The zero-order chi connectivity index (χ0) is 17.4. The Balaban J connectivity index is 2.85. The monoisotopic (exact) mass is 333 g/mol. The van der Waals surface area contributed by atoms with Crippen molar-refractivity contribution < 1.29 is 8.42 Å². The Morgan fingerprint density at radius 1 is 0.783 bits per heavy atom. The van der Waals surface area contributed by atoms with Gasteiger partial charge >= 0.3 is 0 Å². The van der Waals surface area contributed by atoms with Gasteiger partial charge in [0.1, 0.15) is 0 Å². The Kier molecular flexibility index (Phi) is 5.04. The highest BCUT2D eigenvalue weighted by molar-refractivity contribution is 7.90. The number of hydrogen-bond donors (Lipinski definition) is 0. The number of nitrogens with zero attached hydrogens (tertiary/aromatic N) is 1. The first-order valence-corrected chi connectivity index (χ1v) is 9.66. The molecular formula is C19H27NO2S. The lowest BCUT2D eigenvalue weighted by atomic mass is 9.89. The van der Waals surface area contributed by atoms with Crippen LogP contribution in [0, 0.1) is 0 Å². The van der Waals surface area contributed by atoms with Gasteiger partial charge in [-0.2, -0.15) is 0 Å². The Morgan fingerprint density at radius 2 is 1.22 bits per heavy atom. The van der Waals surface area contributed by atoms with E-state index >= 15 is 0 Å². The summed E-state index contributed by atoms with van der Waals surface area (Å²) in [6, 6.07) is 7.61. The maximum atomic E-state index is 13.2. The molecule has 0 N–H and O–H groups in total. The third-order valence-corrected chi connectivity index (χ3v) is 5.98. The van der Waals surface area contributed by atoms with E-state index < -0.39 is 10.0 Å². The van der Waals surface area contributed by atoms with Crippen LogP contribution in [0.4, 0.5) is 0 Å². The number of hydrogen-bond acceptors (Lipinski definition) is 2. The van der Waals surface area contributed by atoms with Crippen LogP contribution in [-0.2, 0) is 10.0 Å². The molecule has 126 valence electrons. The lowest BCUT2D eigenvalue weighted by Crippen LogP contribution is -2.17. The molecule has 0 saturated carbocycles. The smallest absolute Gasteiger partial charge is 0.249 e. The van der Waals surface area contributed by atoms with Crippen molar-refractivity contribution in [1.29, 1.82) is 0 Å². The Morgan fingerprint density at radius 3 is 1.57 bits per heavy atom. The zero-order valence-electron chi connectivity index (χ0n) is 14.9. The molecule has 4 heteroatoms. The summed E-state index contributed by atoms with van der Waals surface area (Å²) in [4.78, 5) is 0.475. The summed E-state index contributed by atoms with van der Waals surface area (Å²) >= 11 is 0. The van der Waals surface area contributed by atoms with Gasteiger partial charge in [-0.1, -0.05) is 53.7 Å². The van der Waals surface area contributed by atoms with Crippen LogP contribution in [-0.4, -0.2) is 12.4 Å². The first-order chi connectivity index (χ1) is 10.7. The molecule has 0 unspecified atom stereocenters. The normalized spacial score (nSPS) is 12.6. The molecule has 0 atom stereocenters. The van der Waals surface area contributed by atoms with Gasteiger partial charge in [0.05, 0.1) is 4.90 Å². The predicted octanol–water partition coefficient (Wildman–Crippen LogP) is 5.10. The summed E-state index contributed by atoms with van der Waals surface area (Å²) in [5.74, 6) is 0.659. The van der Waals surface area contributed by atoms with Gasteiger partial charge in [0.2, 0.25) is 0 Å². The minimum atomic E-state index is -3.57. The minimum Gasteiger partial charge on any atom is -0.249 e. The van der Waals surface area contributed by atoms with Crippen molar-refractivity contribution in [3.63, 3.8) is 0 Å². The summed E-state index contributed by atoms with van der Waals surface area (Å²) < 4.78 is 27.7. The van der Waals surface area contributed by atoms with Gasteiger partial charge in [-0.3, -0.25) is 0 Å². The van der Waals surface area contributed by atoms with E-state index in [0.29, 0.717) is 10.8 Å². The molecule has 2 aromatic rings. The lowest BCUT2D eigenvalue weighted by Gasteiger charge is -2.23. The molecule has 0 saturated heterocycles. The summed E-state index contributed by atoms with van der Waals surface area (Å²) in [5.41, 5.74) is 3.02. The second-order valence-corrected chi connectivity index (χ2v) is 8.79. The molecule has 23 heavy (non-hydrogen) atoms. The van der Waals surface area contributed by atoms with Crippen LogP contribution in [0.3, 0.4) is 0 Å². The number of benzene rings is 1. The molecule has 0 fully saturated rings. The zero-order valence-corrected chi connectivity index (χ0v) is 15.7. The summed E-state index contributed by atoms with van der Waals surface area (Å²) in [7, 11) is -3.57. The van der Waals surface area contributed by atoms with Gasteiger partial charge in [0.15, 0.2) is 0 Å². The van der Waals surface area contributed by atoms with Crippen LogP contribution in [0.15, 0.2) is 41.6 Å². The van der Waals surface area contributed by atoms with E-state index in [9.17, 15) is 8.42 Å². The fourth-order valence-corrected chi connectivity index (χ4v) is 4.63.